The molecule has 13 heteroatoms. The van der Waals surface area contributed by atoms with E-state index in [-0.39, 0.29) is 13.2 Å². The van der Waals surface area contributed by atoms with Crippen molar-refractivity contribution in [3.63, 3.8) is 0 Å². The number of anilines is 1. The summed E-state index contributed by atoms with van der Waals surface area (Å²) in [4.78, 5) is 40.2. The van der Waals surface area contributed by atoms with Gasteiger partial charge in [0, 0.05) is 17.3 Å². The Morgan fingerprint density at radius 3 is 2.95 bits per heavy atom. The lowest BCUT2D eigenvalue weighted by molar-refractivity contribution is 0.0383. The zero-order valence-corrected chi connectivity index (χ0v) is 22.5. The van der Waals surface area contributed by atoms with Crippen LogP contribution in [0.5, 0.6) is 17.4 Å². The van der Waals surface area contributed by atoms with Gasteiger partial charge < -0.3 is 23.4 Å². The van der Waals surface area contributed by atoms with Crippen molar-refractivity contribution in [2.45, 2.75) is 13.0 Å². The van der Waals surface area contributed by atoms with Gasteiger partial charge in [0.25, 0.3) is 0 Å². The van der Waals surface area contributed by atoms with Crippen molar-refractivity contribution in [1.82, 2.24) is 19.9 Å². The molecule has 0 radical (unpaired) electrons. The standard InChI is InChI=1S/C28H21N5O7S/c1-13-7-16(23-19(8-13)31-22(36-2)10-29-23)26-32-18-5-6-20-24(25(18)41-26)37-11-15(39-20)12-38-27(34)30-14-3-4-17-21(9-14)40-28(35)33-17/h3-10,15H,11-12H2,1-2H3,(H,30,34)(H,33,35)/t15-/m1/s1. The van der Waals surface area contributed by atoms with Gasteiger partial charge in [0.05, 0.1) is 35.4 Å². The van der Waals surface area contributed by atoms with E-state index < -0.39 is 18.0 Å². The van der Waals surface area contributed by atoms with Crippen LogP contribution in [0.15, 0.2) is 57.9 Å². The summed E-state index contributed by atoms with van der Waals surface area (Å²) < 4.78 is 28.6. The van der Waals surface area contributed by atoms with Gasteiger partial charge in [0.2, 0.25) is 5.88 Å². The fourth-order valence-electron chi connectivity index (χ4n) is 4.62. The summed E-state index contributed by atoms with van der Waals surface area (Å²) in [5, 5.41) is 3.39. The number of benzene rings is 3. The van der Waals surface area contributed by atoms with E-state index in [4.69, 9.17) is 28.3 Å². The van der Waals surface area contributed by atoms with Crippen LogP contribution in [0.3, 0.4) is 0 Å². The number of ether oxygens (including phenoxy) is 4. The Bertz CT molecular complexity index is 2030. The topological polar surface area (TPSA) is 151 Å². The third-order valence-corrected chi connectivity index (χ3v) is 7.56. The van der Waals surface area contributed by atoms with Crippen LogP contribution in [-0.2, 0) is 4.74 Å². The van der Waals surface area contributed by atoms with E-state index in [0.29, 0.717) is 34.2 Å². The number of thiazole rings is 1. The van der Waals surface area contributed by atoms with E-state index in [1.54, 1.807) is 31.5 Å². The molecule has 1 amide bonds. The van der Waals surface area contributed by atoms with Crippen molar-refractivity contribution >= 4 is 55.5 Å². The zero-order chi connectivity index (χ0) is 28.1. The molecule has 0 aliphatic carbocycles. The summed E-state index contributed by atoms with van der Waals surface area (Å²) in [6, 6.07) is 12.5. The van der Waals surface area contributed by atoms with E-state index in [9.17, 15) is 9.59 Å². The molecular weight excluding hydrogens is 550 g/mol. The molecule has 0 bridgehead atoms. The average molecular weight is 572 g/mol. The smallest absolute Gasteiger partial charge is 0.417 e. The van der Waals surface area contributed by atoms with Gasteiger partial charge >= 0.3 is 11.8 Å². The number of carbonyl (C=O) groups is 1. The number of aryl methyl sites for hydroxylation is 1. The number of oxazole rings is 1. The van der Waals surface area contributed by atoms with Crippen molar-refractivity contribution in [2.24, 2.45) is 0 Å². The number of methoxy groups -OCH3 is 1. The van der Waals surface area contributed by atoms with Crippen LogP contribution in [0.2, 0.25) is 0 Å². The van der Waals surface area contributed by atoms with Crippen LogP contribution >= 0.6 is 11.3 Å². The van der Waals surface area contributed by atoms with Gasteiger partial charge in [-0.05, 0) is 48.9 Å². The Hall–Kier alpha value is -5.17. The molecule has 0 spiro atoms. The molecule has 12 nitrogen and oxygen atoms in total. The van der Waals surface area contributed by atoms with Gasteiger partial charge in [-0.2, -0.15) is 0 Å². The van der Waals surface area contributed by atoms with Gasteiger partial charge in [-0.15, -0.1) is 11.3 Å². The van der Waals surface area contributed by atoms with Crippen LogP contribution in [-0.4, -0.2) is 52.5 Å². The van der Waals surface area contributed by atoms with Gasteiger partial charge in [-0.1, -0.05) is 0 Å². The minimum absolute atomic E-state index is 0.0316. The van der Waals surface area contributed by atoms with E-state index in [1.165, 1.54) is 17.4 Å². The summed E-state index contributed by atoms with van der Waals surface area (Å²) >= 11 is 1.48. The number of amides is 1. The molecule has 41 heavy (non-hydrogen) atoms. The van der Waals surface area contributed by atoms with Crippen LogP contribution in [0.25, 0.3) is 42.9 Å². The zero-order valence-electron chi connectivity index (χ0n) is 21.7. The minimum Gasteiger partial charge on any atom is -0.484 e. The fourth-order valence-corrected chi connectivity index (χ4v) is 5.69. The molecule has 7 rings (SSSR count). The third kappa shape index (κ3) is 4.65. The normalized spacial score (nSPS) is 14.4. The number of hydrogen-bond acceptors (Lipinski definition) is 11. The molecule has 1 aliphatic heterocycles. The van der Waals surface area contributed by atoms with Crippen molar-refractivity contribution < 1.29 is 28.2 Å². The summed E-state index contributed by atoms with van der Waals surface area (Å²) in [6.45, 7) is 2.15. The number of nitrogens with zero attached hydrogens (tertiary/aromatic N) is 3. The minimum atomic E-state index is -0.676. The fraction of sp³-hybridized carbons (Fsp3) is 0.179. The Morgan fingerprint density at radius 1 is 1.17 bits per heavy atom. The number of nitrogens with one attached hydrogen (secondary N) is 2. The van der Waals surface area contributed by atoms with Crippen LogP contribution in [0.4, 0.5) is 10.5 Å². The van der Waals surface area contributed by atoms with Crippen molar-refractivity contribution in [1.29, 1.82) is 0 Å². The lowest BCUT2D eigenvalue weighted by Gasteiger charge is -2.26. The van der Waals surface area contributed by atoms with Gasteiger partial charge in [0.15, 0.2) is 23.2 Å². The number of H-pyrrole nitrogens is 1. The predicted octanol–water partition coefficient (Wildman–Crippen LogP) is 5.05. The molecule has 4 heterocycles. The van der Waals surface area contributed by atoms with E-state index in [2.05, 4.69) is 20.3 Å². The molecule has 0 saturated heterocycles. The Balaban J connectivity index is 1.07. The van der Waals surface area contributed by atoms with Gasteiger partial charge in [-0.3, -0.25) is 10.3 Å². The number of rotatable bonds is 5. The highest BCUT2D eigenvalue weighted by Gasteiger charge is 2.26. The molecule has 0 fully saturated rings. The van der Waals surface area contributed by atoms with Crippen LogP contribution in [0, 0.1) is 6.92 Å². The molecule has 6 aromatic rings. The highest BCUT2D eigenvalue weighted by molar-refractivity contribution is 7.22. The number of fused-ring (bicyclic) bond motifs is 5. The van der Waals surface area contributed by atoms with Crippen molar-refractivity contribution in [2.75, 3.05) is 25.6 Å². The molecule has 206 valence electrons. The van der Waals surface area contributed by atoms with E-state index in [1.807, 2.05) is 25.1 Å². The summed E-state index contributed by atoms with van der Waals surface area (Å²) in [5.41, 5.74) is 5.41. The molecule has 0 saturated carbocycles. The molecule has 2 N–H and O–H groups in total. The number of aromatic nitrogens is 4. The monoisotopic (exact) mass is 571 g/mol. The van der Waals surface area contributed by atoms with Crippen LogP contribution in [0.1, 0.15) is 5.56 Å². The first-order valence-electron chi connectivity index (χ1n) is 12.5. The molecule has 0 unspecified atom stereocenters. The number of aromatic amines is 1. The van der Waals surface area contributed by atoms with E-state index >= 15 is 0 Å². The maximum Gasteiger partial charge on any atom is 0.417 e. The van der Waals surface area contributed by atoms with Crippen LogP contribution < -0.4 is 25.3 Å². The maximum atomic E-state index is 12.4. The van der Waals surface area contributed by atoms with Crippen molar-refractivity contribution in [3.05, 3.63) is 64.8 Å². The van der Waals surface area contributed by atoms with Crippen molar-refractivity contribution in [3.8, 4) is 28.0 Å². The Kier molecular flexibility index (Phi) is 5.93. The molecule has 3 aromatic carbocycles. The third-order valence-electron chi connectivity index (χ3n) is 6.46. The summed E-state index contributed by atoms with van der Waals surface area (Å²) in [7, 11) is 1.56. The molecule has 3 aromatic heterocycles. The maximum absolute atomic E-state index is 12.4. The average Bonchev–Trinajstić information content (AvgIpc) is 3.57. The number of carbonyl (C=O) groups excluding carboxylic acids is 1. The first-order valence-corrected chi connectivity index (χ1v) is 13.4. The lowest BCUT2D eigenvalue weighted by Crippen LogP contribution is -2.35. The SMILES string of the molecule is COc1cnc2c(-c3nc4ccc5c(c4s3)OC[C@H](COC(=O)Nc3ccc4[nH]c(=O)oc4c3)O5)cc(C)cc2n1. The Labute approximate surface area is 234 Å². The van der Waals surface area contributed by atoms with Gasteiger partial charge in [0.1, 0.15) is 22.9 Å². The molecule has 1 atom stereocenters. The Morgan fingerprint density at radius 2 is 2.07 bits per heavy atom. The lowest BCUT2D eigenvalue weighted by atomic mass is 10.1. The first kappa shape index (κ1) is 24.8. The summed E-state index contributed by atoms with van der Waals surface area (Å²) in [5.74, 6) is 1.01. The highest BCUT2D eigenvalue weighted by atomic mass is 32.1. The second-order valence-corrected chi connectivity index (χ2v) is 10.4. The van der Waals surface area contributed by atoms with E-state index in [0.717, 1.165) is 37.4 Å². The largest absolute Gasteiger partial charge is 0.484 e. The van der Waals surface area contributed by atoms with Gasteiger partial charge in [-0.25, -0.2) is 24.5 Å². The second-order valence-electron chi connectivity index (χ2n) is 9.35. The highest BCUT2D eigenvalue weighted by Crippen LogP contribution is 2.44. The quantitative estimate of drug-likeness (QED) is 0.288. The summed E-state index contributed by atoms with van der Waals surface area (Å²) in [6.07, 6.45) is 0.412. The molecular formula is C28H21N5O7S. The number of hydrogen-bond donors (Lipinski definition) is 2. The second kappa shape index (κ2) is 9.78. The first-order chi connectivity index (χ1) is 19.9. The molecule has 1 aliphatic rings. The predicted molar refractivity (Wildman–Crippen MR) is 151 cm³/mol.